The van der Waals surface area contributed by atoms with E-state index in [1.54, 1.807) is 24.3 Å². The summed E-state index contributed by atoms with van der Waals surface area (Å²) in [5, 5.41) is 2.80. The van der Waals surface area contributed by atoms with Gasteiger partial charge in [-0.15, -0.1) is 0 Å². The van der Waals surface area contributed by atoms with E-state index in [1.807, 2.05) is 6.92 Å². The van der Waals surface area contributed by atoms with Gasteiger partial charge >= 0.3 is 0 Å². The highest BCUT2D eigenvalue weighted by molar-refractivity contribution is 7.89. The zero-order valence-corrected chi connectivity index (χ0v) is 23.9. The van der Waals surface area contributed by atoms with Crippen LogP contribution in [0.15, 0.2) is 58.3 Å². The van der Waals surface area contributed by atoms with E-state index in [0.29, 0.717) is 57.1 Å². The number of nitrogens with one attached hydrogen (secondary N) is 1. The first kappa shape index (κ1) is 29.5. The summed E-state index contributed by atoms with van der Waals surface area (Å²) in [5.74, 6) is 0.169. The van der Waals surface area contributed by atoms with Gasteiger partial charge in [0.1, 0.15) is 5.75 Å². The Morgan fingerprint density at radius 2 is 1.56 bits per heavy atom. The Balaban J connectivity index is 1.42. The molecule has 0 radical (unpaired) electrons. The molecule has 0 spiro atoms. The molecular formula is C27H37N3O7S2. The van der Waals surface area contributed by atoms with Crippen LogP contribution in [-0.2, 0) is 36.1 Å². The summed E-state index contributed by atoms with van der Waals surface area (Å²) < 4.78 is 66.3. The number of ether oxygens (including phenoxy) is 2. The molecule has 2 aromatic rings. The molecule has 12 heteroatoms. The number of sulfonamides is 2. The molecule has 2 aliphatic rings. The van der Waals surface area contributed by atoms with E-state index < -0.39 is 26.0 Å². The summed E-state index contributed by atoms with van der Waals surface area (Å²) in [7, 11) is -7.51. The fraction of sp³-hybridized carbons (Fsp3) is 0.519. The van der Waals surface area contributed by atoms with E-state index in [0.717, 1.165) is 19.3 Å². The van der Waals surface area contributed by atoms with Crippen molar-refractivity contribution in [3.05, 3.63) is 54.1 Å². The highest BCUT2D eigenvalue weighted by Gasteiger charge is 2.34. The van der Waals surface area contributed by atoms with Crippen molar-refractivity contribution >= 4 is 26.0 Å². The maximum Gasteiger partial charge on any atom is 0.243 e. The van der Waals surface area contributed by atoms with Gasteiger partial charge in [0.25, 0.3) is 0 Å². The fourth-order valence-corrected chi connectivity index (χ4v) is 7.95. The van der Waals surface area contributed by atoms with Crippen molar-refractivity contribution in [1.29, 1.82) is 0 Å². The highest BCUT2D eigenvalue weighted by Crippen LogP contribution is 2.28. The second-order valence-electron chi connectivity index (χ2n) is 9.68. The maximum absolute atomic E-state index is 13.6. The molecule has 0 unspecified atom stereocenters. The number of benzene rings is 2. The minimum Gasteiger partial charge on any atom is -0.494 e. The molecule has 214 valence electrons. The van der Waals surface area contributed by atoms with E-state index in [1.165, 1.54) is 32.9 Å². The monoisotopic (exact) mass is 579 g/mol. The second kappa shape index (κ2) is 13.2. The van der Waals surface area contributed by atoms with Gasteiger partial charge in [-0.1, -0.05) is 31.4 Å². The van der Waals surface area contributed by atoms with Crippen LogP contribution in [0.3, 0.4) is 0 Å². The molecular weight excluding hydrogens is 542 g/mol. The minimum atomic E-state index is -3.91. The molecule has 39 heavy (non-hydrogen) atoms. The third-order valence-electron chi connectivity index (χ3n) is 7.04. The van der Waals surface area contributed by atoms with Crippen molar-refractivity contribution in [1.82, 2.24) is 13.9 Å². The topological polar surface area (TPSA) is 122 Å². The molecule has 1 aliphatic heterocycles. The van der Waals surface area contributed by atoms with E-state index in [9.17, 15) is 21.6 Å². The molecule has 1 saturated heterocycles. The van der Waals surface area contributed by atoms with Gasteiger partial charge in [-0.05, 0) is 61.7 Å². The second-order valence-corrected chi connectivity index (χ2v) is 13.5. The summed E-state index contributed by atoms with van der Waals surface area (Å²) in [4.78, 5) is 13.3. The van der Waals surface area contributed by atoms with E-state index >= 15 is 0 Å². The van der Waals surface area contributed by atoms with Gasteiger partial charge in [-0.2, -0.15) is 8.61 Å². The predicted molar refractivity (Wildman–Crippen MR) is 146 cm³/mol. The largest absolute Gasteiger partial charge is 0.494 e. The zero-order valence-electron chi connectivity index (χ0n) is 22.3. The summed E-state index contributed by atoms with van der Waals surface area (Å²) in [6, 6.07) is 12.4. The van der Waals surface area contributed by atoms with Gasteiger partial charge in [0.15, 0.2) is 0 Å². The molecule has 0 aromatic heterocycles. The zero-order chi connectivity index (χ0) is 27.9. The van der Waals surface area contributed by atoms with E-state index in [4.69, 9.17) is 9.47 Å². The number of hydrogen-bond donors (Lipinski definition) is 1. The predicted octanol–water partition coefficient (Wildman–Crippen LogP) is 2.75. The summed E-state index contributed by atoms with van der Waals surface area (Å²) in [6.45, 7) is 3.57. The lowest BCUT2D eigenvalue weighted by Crippen LogP contribution is -2.46. The molecule has 1 heterocycles. The molecule has 4 rings (SSSR count). The Bertz CT molecular complexity index is 1300. The van der Waals surface area contributed by atoms with Gasteiger partial charge in [-0.3, -0.25) is 4.79 Å². The highest BCUT2D eigenvalue weighted by atomic mass is 32.2. The normalized spacial score (nSPS) is 17.7. The lowest BCUT2D eigenvalue weighted by molar-refractivity contribution is -0.121. The number of hydrogen-bond acceptors (Lipinski definition) is 7. The first-order chi connectivity index (χ1) is 18.7. The lowest BCUT2D eigenvalue weighted by Gasteiger charge is -2.33. The summed E-state index contributed by atoms with van der Waals surface area (Å²) in [5.41, 5.74) is 0.711. The van der Waals surface area contributed by atoms with Crippen LogP contribution in [0, 0.1) is 0 Å². The van der Waals surface area contributed by atoms with Gasteiger partial charge < -0.3 is 14.8 Å². The fourth-order valence-electron chi connectivity index (χ4n) is 4.90. The number of carbonyl (C=O) groups excluding carboxylic acids is 1. The van der Waals surface area contributed by atoms with Gasteiger partial charge in [-0.25, -0.2) is 16.8 Å². The number of nitrogens with zero attached hydrogens (tertiary/aromatic N) is 2. The van der Waals surface area contributed by atoms with Gasteiger partial charge in [0, 0.05) is 25.7 Å². The van der Waals surface area contributed by atoms with Crippen LogP contribution in [0.2, 0.25) is 0 Å². The summed E-state index contributed by atoms with van der Waals surface area (Å²) in [6.07, 6.45) is 4.31. The third kappa shape index (κ3) is 7.37. The molecule has 2 aromatic carbocycles. The van der Waals surface area contributed by atoms with Crippen LogP contribution in [0.1, 0.15) is 44.6 Å². The average Bonchev–Trinajstić information content (AvgIpc) is 2.96. The van der Waals surface area contributed by atoms with E-state index in [2.05, 4.69) is 5.32 Å². The third-order valence-corrected chi connectivity index (χ3v) is 10.9. The Kier molecular flexibility index (Phi) is 10.00. The number of carbonyl (C=O) groups is 1. The van der Waals surface area contributed by atoms with Gasteiger partial charge in [0.2, 0.25) is 26.0 Å². The Hall–Kier alpha value is -2.51. The Labute approximate surface area is 231 Å². The average molecular weight is 580 g/mol. The Morgan fingerprint density at radius 3 is 2.18 bits per heavy atom. The summed E-state index contributed by atoms with van der Waals surface area (Å²) >= 11 is 0. The number of morpholine rings is 1. The van der Waals surface area contributed by atoms with Crippen molar-refractivity contribution in [3.63, 3.8) is 0 Å². The van der Waals surface area contributed by atoms with Crippen molar-refractivity contribution in [2.24, 2.45) is 0 Å². The van der Waals surface area contributed by atoms with Crippen molar-refractivity contribution in [2.45, 2.75) is 61.4 Å². The molecule has 0 bridgehead atoms. The number of rotatable bonds is 11. The molecule has 2 fully saturated rings. The van der Waals surface area contributed by atoms with Crippen LogP contribution in [-0.4, -0.2) is 76.8 Å². The van der Waals surface area contributed by atoms with Gasteiger partial charge in [0.05, 0.1) is 36.2 Å². The van der Waals surface area contributed by atoms with Crippen molar-refractivity contribution in [2.75, 3.05) is 39.5 Å². The SMILES string of the molecule is CCOc1ccc(S(=O)(=O)N(CC(=O)NCc2ccc(S(=O)(=O)N3CCOCC3)cc2)C2CCCCC2)cc1. The van der Waals surface area contributed by atoms with E-state index in [-0.39, 0.29) is 28.9 Å². The molecule has 10 nitrogen and oxygen atoms in total. The molecule has 1 N–H and O–H groups in total. The quantitative estimate of drug-likeness (QED) is 0.434. The van der Waals surface area contributed by atoms with Crippen molar-refractivity contribution in [3.8, 4) is 5.75 Å². The molecule has 1 saturated carbocycles. The first-order valence-electron chi connectivity index (χ1n) is 13.4. The van der Waals surface area contributed by atoms with Crippen LogP contribution in [0.25, 0.3) is 0 Å². The first-order valence-corrected chi connectivity index (χ1v) is 16.3. The standard InChI is InChI=1S/C27H37N3O7S2/c1-2-37-24-10-14-26(15-11-24)39(34,35)30(23-6-4-3-5-7-23)21-27(31)28-20-22-8-12-25(13-9-22)38(32,33)29-16-18-36-19-17-29/h8-15,23H,2-7,16-21H2,1H3,(H,28,31). The smallest absolute Gasteiger partial charge is 0.243 e. The molecule has 1 aliphatic carbocycles. The minimum absolute atomic E-state index is 0.126. The molecule has 1 amide bonds. The molecule has 0 atom stereocenters. The van der Waals surface area contributed by atoms with Crippen LogP contribution < -0.4 is 10.1 Å². The Morgan fingerprint density at radius 1 is 0.949 bits per heavy atom. The van der Waals surface area contributed by atoms with Crippen LogP contribution >= 0.6 is 0 Å². The lowest BCUT2D eigenvalue weighted by atomic mass is 9.95. The number of amides is 1. The van der Waals surface area contributed by atoms with Crippen LogP contribution in [0.4, 0.5) is 0 Å². The maximum atomic E-state index is 13.6. The van der Waals surface area contributed by atoms with Crippen molar-refractivity contribution < 1.29 is 31.1 Å². The van der Waals surface area contributed by atoms with Crippen LogP contribution in [0.5, 0.6) is 5.75 Å².